The van der Waals surface area contributed by atoms with E-state index < -0.39 is 0 Å². The zero-order valence-electron chi connectivity index (χ0n) is 13.2. The molecule has 0 heterocycles. The minimum atomic E-state index is -0.361. The highest BCUT2D eigenvalue weighted by Crippen LogP contribution is 2.39. The van der Waals surface area contributed by atoms with Gasteiger partial charge in [-0.2, -0.15) is 0 Å². The average Bonchev–Trinajstić information content (AvgIpc) is 2.59. The number of benzene rings is 4. The molecule has 0 saturated carbocycles. The number of hydrogen-bond acceptors (Lipinski definition) is 2. The highest BCUT2D eigenvalue weighted by atomic mass is 127. The van der Waals surface area contributed by atoms with E-state index in [0.29, 0.717) is 5.57 Å². The lowest BCUT2D eigenvalue weighted by Crippen LogP contribution is -2.07. The quantitative estimate of drug-likeness (QED) is 0.129. The van der Waals surface area contributed by atoms with Crippen molar-refractivity contribution in [3.8, 4) is 0 Å². The van der Waals surface area contributed by atoms with Gasteiger partial charge in [-0.25, -0.2) is 4.79 Å². The number of carbonyl (C=O) groups excluding carboxylic acids is 1. The smallest absolute Gasteiger partial charge is 0.334 e. The molecule has 0 aliphatic heterocycles. The van der Waals surface area contributed by atoms with Gasteiger partial charge in [0.1, 0.15) is 0 Å². The number of alkyl halides is 1. The van der Waals surface area contributed by atoms with Gasteiger partial charge in [-0.15, -0.1) is 0 Å². The Morgan fingerprint density at radius 3 is 2.21 bits per heavy atom. The molecule has 1 atom stereocenters. The first-order valence-corrected chi connectivity index (χ1v) is 8.98. The lowest BCUT2D eigenvalue weighted by molar-refractivity contribution is -0.139. The number of halogens is 1. The Morgan fingerprint density at radius 2 is 1.54 bits per heavy atom. The molecule has 4 rings (SSSR count). The Kier molecular flexibility index (Phi) is 3.68. The standard InChI is InChI=1S/C21H15IO2/c1-12(2)21(23)24-20(22)17-11-9-15-7-6-13-4-3-5-14-8-10-16(17)19(15)18(13)14/h3-11,20H,1H2,2H3. The van der Waals surface area contributed by atoms with Crippen molar-refractivity contribution in [2.75, 3.05) is 0 Å². The summed E-state index contributed by atoms with van der Waals surface area (Å²) in [5.74, 6) is -0.361. The van der Waals surface area contributed by atoms with Crippen LogP contribution >= 0.6 is 22.6 Å². The highest BCUT2D eigenvalue weighted by molar-refractivity contribution is 14.1. The molecule has 0 saturated heterocycles. The van der Waals surface area contributed by atoms with E-state index in [2.05, 4.69) is 77.7 Å². The van der Waals surface area contributed by atoms with E-state index in [-0.39, 0.29) is 10.1 Å². The molecule has 4 aromatic rings. The third kappa shape index (κ3) is 2.35. The molecule has 0 bridgehead atoms. The molecular formula is C21H15IO2. The van der Waals surface area contributed by atoms with Gasteiger partial charge in [0, 0.05) is 11.1 Å². The minimum Gasteiger partial charge on any atom is -0.443 e. The van der Waals surface area contributed by atoms with Gasteiger partial charge in [0.2, 0.25) is 0 Å². The summed E-state index contributed by atoms with van der Waals surface area (Å²) in [6.07, 6.45) is 0. The van der Waals surface area contributed by atoms with Crippen LogP contribution in [0, 0.1) is 0 Å². The molecule has 0 spiro atoms. The van der Waals surface area contributed by atoms with Crippen molar-refractivity contribution in [2.24, 2.45) is 0 Å². The summed E-state index contributed by atoms with van der Waals surface area (Å²) in [5, 5.41) is 7.29. The van der Waals surface area contributed by atoms with Gasteiger partial charge in [-0.1, -0.05) is 61.2 Å². The van der Waals surface area contributed by atoms with Crippen LogP contribution in [0.4, 0.5) is 0 Å². The van der Waals surface area contributed by atoms with Crippen LogP contribution < -0.4 is 0 Å². The highest BCUT2D eigenvalue weighted by Gasteiger charge is 2.18. The van der Waals surface area contributed by atoms with Crippen LogP contribution in [0.25, 0.3) is 32.3 Å². The second kappa shape index (κ2) is 5.74. The summed E-state index contributed by atoms with van der Waals surface area (Å²) in [5.41, 5.74) is 1.42. The first kappa shape index (κ1) is 15.4. The molecule has 3 heteroatoms. The van der Waals surface area contributed by atoms with Crippen molar-refractivity contribution < 1.29 is 9.53 Å². The molecule has 0 aliphatic carbocycles. The number of hydrogen-bond donors (Lipinski definition) is 0. The summed E-state index contributed by atoms with van der Waals surface area (Å²) in [4.78, 5) is 11.9. The maximum Gasteiger partial charge on any atom is 0.334 e. The van der Waals surface area contributed by atoms with Crippen LogP contribution in [-0.4, -0.2) is 5.97 Å². The summed E-state index contributed by atoms with van der Waals surface area (Å²) in [6.45, 7) is 5.32. The third-order valence-corrected chi connectivity index (χ3v) is 5.29. The number of rotatable bonds is 3. The SMILES string of the molecule is C=C(C)C(=O)OC(I)c1ccc2ccc3cccc4ccc1c2c34. The fraction of sp³-hybridized carbons (Fsp3) is 0.0952. The van der Waals surface area contributed by atoms with E-state index in [9.17, 15) is 4.79 Å². The molecule has 1 unspecified atom stereocenters. The lowest BCUT2D eigenvalue weighted by Gasteiger charge is -2.17. The molecule has 2 nitrogen and oxygen atoms in total. The number of ether oxygens (including phenoxy) is 1. The second-order valence-electron chi connectivity index (χ2n) is 6.01. The Balaban J connectivity index is 1.97. The second-order valence-corrected chi connectivity index (χ2v) is 7.14. The first-order valence-electron chi connectivity index (χ1n) is 7.73. The van der Waals surface area contributed by atoms with Crippen molar-refractivity contribution in [2.45, 2.75) is 11.0 Å². The zero-order chi connectivity index (χ0) is 16.8. The first-order chi connectivity index (χ1) is 11.6. The van der Waals surface area contributed by atoms with Gasteiger partial charge in [-0.3, -0.25) is 0 Å². The van der Waals surface area contributed by atoms with Gasteiger partial charge < -0.3 is 4.74 Å². The van der Waals surface area contributed by atoms with Crippen molar-refractivity contribution in [3.63, 3.8) is 0 Å². The molecule has 0 radical (unpaired) electrons. The normalized spacial score (nSPS) is 12.8. The molecule has 0 aromatic heterocycles. The van der Waals surface area contributed by atoms with Gasteiger partial charge in [0.05, 0.1) is 0 Å². The van der Waals surface area contributed by atoms with E-state index in [1.54, 1.807) is 6.92 Å². The minimum absolute atomic E-state index is 0.351. The van der Waals surface area contributed by atoms with Crippen molar-refractivity contribution in [1.29, 1.82) is 0 Å². The van der Waals surface area contributed by atoms with E-state index >= 15 is 0 Å². The molecule has 0 aliphatic rings. The van der Waals surface area contributed by atoms with Gasteiger partial charge in [0.15, 0.2) is 4.11 Å². The maximum absolute atomic E-state index is 11.9. The van der Waals surface area contributed by atoms with E-state index in [1.807, 2.05) is 6.07 Å². The largest absolute Gasteiger partial charge is 0.443 e. The lowest BCUT2D eigenvalue weighted by atomic mass is 9.92. The van der Waals surface area contributed by atoms with Gasteiger partial charge in [0.25, 0.3) is 0 Å². The molecular weight excluding hydrogens is 411 g/mol. The van der Waals surface area contributed by atoms with E-state index in [1.165, 1.54) is 26.9 Å². The fourth-order valence-electron chi connectivity index (χ4n) is 3.21. The summed E-state index contributed by atoms with van der Waals surface area (Å²) >= 11 is 2.16. The topological polar surface area (TPSA) is 26.3 Å². The van der Waals surface area contributed by atoms with E-state index in [4.69, 9.17) is 4.74 Å². The molecule has 0 amide bonds. The Labute approximate surface area is 153 Å². The zero-order valence-corrected chi connectivity index (χ0v) is 15.3. The predicted octanol–water partition coefficient (Wildman–Crippen LogP) is 6.14. The van der Waals surface area contributed by atoms with Gasteiger partial charge >= 0.3 is 5.97 Å². The van der Waals surface area contributed by atoms with Crippen LogP contribution in [0.1, 0.15) is 16.6 Å². The molecule has 118 valence electrons. The van der Waals surface area contributed by atoms with Crippen LogP contribution in [0.15, 0.2) is 66.7 Å². The monoisotopic (exact) mass is 426 g/mol. The maximum atomic E-state index is 11.9. The summed E-state index contributed by atoms with van der Waals surface area (Å²) in [7, 11) is 0. The van der Waals surface area contributed by atoms with Crippen LogP contribution in [0.5, 0.6) is 0 Å². The molecule has 4 aromatic carbocycles. The summed E-state index contributed by atoms with van der Waals surface area (Å²) < 4.78 is 5.19. The van der Waals surface area contributed by atoms with Crippen molar-refractivity contribution in [3.05, 3.63) is 72.3 Å². The fourth-order valence-corrected chi connectivity index (χ4v) is 3.99. The third-order valence-electron chi connectivity index (χ3n) is 4.37. The van der Waals surface area contributed by atoms with E-state index in [0.717, 1.165) is 10.9 Å². The summed E-state index contributed by atoms with van der Waals surface area (Å²) in [6, 6.07) is 19.1. The number of carbonyl (C=O) groups is 1. The van der Waals surface area contributed by atoms with Crippen LogP contribution in [-0.2, 0) is 9.53 Å². The predicted molar refractivity (Wildman–Crippen MR) is 108 cm³/mol. The van der Waals surface area contributed by atoms with Crippen LogP contribution in [0.2, 0.25) is 0 Å². The molecule has 24 heavy (non-hydrogen) atoms. The number of esters is 1. The molecule has 0 fully saturated rings. The van der Waals surface area contributed by atoms with Crippen molar-refractivity contribution >= 4 is 60.9 Å². The molecule has 0 N–H and O–H groups in total. The van der Waals surface area contributed by atoms with Crippen molar-refractivity contribution in [1.82, 2.24) is 0 Å². The van der Waals surface area contributed by atoms with Gasteiger partial charge in [-0.05, 0) is 61.8 Å². The van der Waals surface area contributed by atoms with Crippen LogP contribution in [0.3, 0.4) is 0 Å². The average molecular weight is 426 g/mol. The Hall–Kier alpha value is -2.14. The Bertz CT molecular complexity index is 1080. The Morgan fingerprint density at radius 1 is 0.958 bits per heavy atom.